The first kappa shape index (κ1) is 12.2. The van der Waals surface area contributed by atoms with Gasteiger partial charge in [-0.05, 0) is 43.2 Å². The third-order valence-electron chi connectivity index (χ3n) is 3.54. The Hall–Kier alpha value is -1.25. The highest BCUT2D eigenvalue weighted by molar-refractivity contribution is 5.96. The molecule has 1 heterocycles. The van der Waals surface area contributed by atoms with E-state index in [1.165, 1.54) is 18.3 Å². The molecule has 2 atom stereocenters. The van der Waals surface area contributed by atoms with Crippen molar-refractivity contribution in [2.75, 3.05) is 0 Å². The predicted octanol–water partition coefficient (Wildman–Crippen LogP) is 3.48. The van der Waals surface area contributed by atoms with Gasteiger partial charge in [0.1, 0.15) is 5.69 Å². The largest absolute Gasteiger partial charge is 0.292 e. The molecule has 0 radical (unpaired) electrons. The molecule has 1 aromatic heterocycles. The lowest BCUT2D eigenvalue weighted by molar-refractivity contribution is 0.0826. The molecule has 0 aliphatic heterocycles. The normalized spacial score (nSPS) is 29.0. The number of Topliss-reactive ketones (excluding diaryl/α,β-unsaturated/α-hetero) is 1. The van der Waals surface area contributed by atoms with E-state index in [1.807, 2.05) is 0 Å². The molecule has 0 spiro atoms. The summed E-state index contributed by atoms with van der Waals surface area (Å²) in [6, 6.07) is 2.81. The summed E-state index contributed by atoms with van der Waals surface area (Å²) in [5, 5.41) is 0. The van der Waals surface area contributed by atoms with Crippen molar-refractivity contribution in [3.8, 4) is 0 Å². The maximum absolute atomic E-state index is 13.5. The van der Waals surface area contributed by atoms with E-state index in [2.05, 4.69) is 18.8 Å². The summed E-state index contributed by atoms with van der Waals surface area (Å²) in [7, 11) is 0. The van der Waals surface area contributed by atoms with Crippen LogP contribution in [0.5, 0.6) is 0 Å². The molecule has 2 nitrogen and oxygen atoms in total. The topological polar surface area (TPSA) is 30.0 Å². The minimum absolute atomic E-state index is 0.0128. The molecule has 1 aliphatic rings. The van der Waals surface area contributed by atoms with Crippen molar-refractivity contribution in [1.82, 2.24) is 4.98 Å². The lowest BCUT2D eigenvalue weighted by Crippen LogP contribution is -2.27. The zero-order valence-corrected chi connectivity index (χ0v) is 10.3. The van der Waals surface area contributed by atoms with E-state index in [-0.39, 0.29) is 17.4 Å². The van der Waals surface area contributed by atoms with Gasteiger partial charge in [0.15, 0.2) is 11.6 Å². The van der Waals surface area contributed by atoms with Crippen molar-refractivity contribution in [2.24, 2.45) is 17.8 Å². The molecule has 17 heavy (non-hydrogen) atoms. The fourth-order valence-corrected chi connectivity index (χ4v) is 2.92. The molecule has 0 bridgehead atoms. The molecular formula is C14H18FNO. The number of carbonyl (C=O) groups excluding carboxylic acids is 1. The van der Waals surface area contributed by atoms with Crippen LogP contribution in [0.2, 0.25) is 0 Å². The molecular weight excluding hydrogens is 217 g/mol. The molecule has 3 heteroatoms. The number of pyridine rings is 1. The number of ketones is 1. The van der Waals surface area contributed by atoms with Crippen molar-refractivity contribution in [3.63, 3.8) is 0 Å². The van der Waals surface area contributed by atoms with Crippen LogP contribution in [-0.2, 0) is 0 Å². The highest BCUT2D eigenvalue weighted by atomic mass is 19.1. The number of aromatic nitrogens is 1. The van der Waals surface area contributed by atoms with Gasteiger partial charge in [0.05, 0.1) is 0 Å². The zero-order chi connectivity index (χ0) is 12.4. The zero-order valence-electron chi connectivity index (χ0n) is 10.3. The molecule has 1 fully saturated rings. The summed E-state index contributed by atoms with van der Waals surface area (Å²) >= 11 is 0. The Balaban J connectivity index is 2.17. The van der Waals surface area contributed by atoms with Crippen molar-refractivity contribution < 1.29 is 9.18 Å². The quantitative estimate of drug-likeness (QED) is 0.735. The Morgan fingerprint density at radius 2 is 1.94 bits per heavy atom. The average Bonchev–Trinajstić information content (AvgIpc) is 2.27. The summed E-state index contributed by atoms with van der Waals surface area (Å²) in [6.45, 7) is 4.31. The van der Waals surface area contributed by atoms with Crippen molar-refractivity contribution in [2.45, 2.75) is 33.1 Å². The lowest BCUT2D eigenvalue weighted by atomic mass is 9.74. The Bertz CT molecular complexity index is 408. The highest BCUT2D eigenvalue weighted by Gasteiger charge is 2.31. The SMILES string of the molecule is CC1CC(C)CC(C(=O)c2ncccc2F)C1. The molecule has 0 saturated heterocycles. The average molecular weight is 235 g/mol. The van der Waals surface area contributed by atoms with Gasteiger partial charge in [-0.3, -0.25) is 9.78 Å². The van der Waals surface area contributed by atoms with Gasteiger partial charge in [-0.25, -0.2) is 4.39 Å². The van der Waals surface area contributed by atoms with Gasteiger partial charge in [0.25, 0.3) is 0 Å². The van der Waals surface area contributed by atoms with E-state index in [4.69, 9.17) is 0 Å². The maximum Gasteiger partial charge on any atom is 0.187 e. The molecule has 92 valence electrons. The molecule has 0 N–H and O–H groups in total. The molecule has 1 aromatic rings. The van der Waals surface area contributed by atoms with Gasteiger partial charge in [-0.1, -0.05) is 13.8 Å². The number of hydrogen-bond acceptors (Lipinski definition) is 2. The summed E-state index contributed by atoms with van der Waals surface area (Å²) in [4.78, 5) is 16.1. The van der Waals surface area contributed by atoms with E-state index >= 15 is 0 Å². The van der Waals surface area contributed by atoms with Crippen LogP contribution in [0.15, 0.2) is 18.3 Å². The first-order valence-electron chi connectivity index (χ1n) is 6.22. The number of hydrogen-bond donors (Lipinski definition) is 0. The third kappa shape index (κ3) is 2.71. The third-order valence-corrected chi connectivity index (χ3v) is 3.54. The lowest BCUT2D eigenvalue weighted by Gasteiger charge is -2.30. The van der Waals surface area contributed by atoms with Crippen LogP contribution >= 0.6 is 0 Å². The first-order chi connectivity index (χ1) is 8.08. The van der Waals surface area contributed by atoms with E-state index in [0.717, 1.165) is 19.3 Å². The summed E-state index contributed by atoms with van der Waals surface area (Å²) in [5.74, 6) is 0.405. The number of rotatable bonds is 2. The monoisotopic (exact) mass is 235 g/mol. The van der Waals surface area contributed by atoms with E-state index in [9.17, 15) is 9.18 Å². The van der Waals surface area contributed by atoms with Crippen LogP contribution in [0.1, 0.15) is 43.6 Å². The van der Waals surface area contributed by atoms with Gasteiger partial charge in [-0.15, -0.1) is 0 Å². The number of halogens is 1. The predicted molar refractivity (Wildman–Crippen MR) is 64.2 cm³/mol. The van der Waals surface area contributed by atoms with Crippen molar-refractivity contribution >= 4 is 5.78 Å². The van der Waals surface area contributed by atoms with Crippen LogP contribution in [-0.4, -0.2) is 10.8 Å². The second-order valence-electron chi connectivity index (χ2n) is 5.31. The standard InChI is InChI=1S/C14H18FNO/c1-9-6-10(2)8-11(7-9)14(17)13-12(15)4-3-5-16-13/h3-5,9-11H,6-8H2,1-2H3. The fraction of sp³-hybridized carbons (Fsp3) is 0.571. The molecule has 1 saturated carbocycles. The van der Waals surface area contributed by atoms with Crippen molar-refractivity contribution in [1.29, 1.82) is 0 Å². The minimum atomic E-state index is -0.497. The van der Waals surface area contributed by atoms with E-state index in [0.29, 0.717) is 11.8 Å². The van der Waals surface area contributed by atoms with E-state index < -0.39 is 5.82 Å². The highest BCUT2D eigenvalue weighted by Crippen LogP contribution is 2.34. The Labute approximate surface area is 101 Å². The number of carbonyl (C=O) groups is 1. The smallest absolute Gasteiger partial charge is 0.187 e. The Morgan fingerprint density at radius 3 is 2.53 bits per heavy atom. The van der Waals surface area contributed by atoms with Gasteiger partial charge in [-0.2, -0.15) is 0 Å². The second-order valence-corrected chi connectivity index (χ2v) is 5.31. The maximum atomic E-state index is 13.5. The van der Waals surface area contributed by atoms with Gasteiger partial charge < -0.3 is 0 Å². The van der Waals surface area contributed by atoms with Gasteiger partial charge in [0, 0.05) is 12.1 Å². The first-order valence-corrected chi connectivity index (χ1v) is 6.22. The van der Waals surface area contributed by atoms with Crippen LogP contribution in [0, 0.1) is 23.6 Å². The molecule has 0 amide bonds. The van der Waals surface area contributed by atoms with Crippen molar-refractivity contribution in [3.05, 3.63) is 29.8 Å². The molecule has 0 aromatic carbocycles. The summed E-state index contributed by atoms with van der Waals surface area (Å²) in [5.41, 5.74) is 0.0128. The minimum Gasteiger partial charge on any atom is -0.292 e. The van der Waals surface area contributed by atoms with Crippen LogP contribution in [0.25, 0.3) is 0 Å². The fourth-order valence-electron chi connectivity index (χ4n) is 2.92. The Morgan fingerprint density at radius 1 is 1.29 bits per heavy atom. The van der Waals surface area contributed by atoms with Gasteiger partial charge in [0.2, 0.25) is 0 Å². The van der Waals surface area contributed by atoms with Crippen LogP contribution < -0.4 is 0 Å². The van der Waals surface area contributed by atoms with Gasteiger partial charge >= 0.3 is 0 Å². The second kappa shape index (κ2) is 4.94. The van der Waals surface area contributed by atoms with Crippen LogP contribution in [0.4, 0.5) is 4.39 Å². The van der Waals surface area contributed by atoms with Crippen LogP contribution in [0.3, 0.4) is 0 Å². The summed E-state index contributed by atoms with van der Waals surface area (Å²) < 4.78 is 13.5. The summed E-state index contributed by atoms with van der Waals surface area (Å²) in [6.07, 6.45) is 4.36. The molecule has 1 aliphatic carbocycles. The molecule has 2 rings (SSSR count). The number of nitrogens with zero attached hydrogens (tertiary/aromatic N) is 1. The molecule has 2 unspecified atom stereocenters. The Kier molecular flexibility index (Phi) is 3.55. The van der Waals surface area contributed by atoms with E-state index in [1.54, 1.807) is 0 Å².